The Bertz CT molecular complexity index is 800. The molecule has 0 aliphatic carbocycles. The Hall–Kier alpha value is -3.35. The van der Waals surface area contributed by atoms with Gasteiger partial charge in [-0.15, -0.1) is 0 Å². The van der Waals surface area contributed by atoms with Gasteiger partial charge in [-0.1, -0.05) is 30.3 Å². The first-order valence-electron chi connectivity index (χ1n) is 8.25. The summed E-state index contributed by atoms with van der Waals surface area (Å²) in [6.07, 6.45) is 0.0201. The minimum atomic E-state index is -0.517. The average molecular weight is 371 g/mol. The number of carbonyl (C=O) groups excluding carboxylic acids is 3. The van der Waals surface area contributed by atoms with Crippen molar-refractivity contribution in [3.8, 4) is 5.75 Å². The lowest BCUT2D eigenvalue weighted by Crippen LogP contribution is -2.28. The molecule has 0 unspecified atom stereocenters. The number of carbonyl (C=O) groups is 3. The first kappa shape index (κ1) is 20.0. The molecule has 27 heavy (non-hydrogen) atoms. The summed E-state index contributed by atoms with van der Waals surface area (Å²) in [6, 6.07) is 13.8. The van der Waals surface area contributed by atoms with Crippen molar-refractivity contribution in [2.24, 2.45) is 0 Å². The predicted molar refractivity (Wildman–Crippen MR) is 97.3 cm³/mol. The second-order valence-electron chi connectivity index (χ2n) is 5.61. The molecular weight excluding hydrogens is 350 g/mol. The maximum absolute atomic E-state index is 11.9. The number of rotatable bonds is 8. The Kier molecular flexibility index (Phi) is 7.37. The van der Waals surface area contributed by atoms with E-state index in [4.69, 9.17) is 9.47 Å². The largest absolute Gasteiger partial charge is 0.496 e. The zero-order valence-electron chi connectivity index (χ0n) is 15.2. The van der Waals surface area contributed by atoms with E-state index in [0.29, 0.717) is 16.9 Å². The van der Waals surface area contributed by atoms with Crippen molar-refractivity contribution in [3.63, 3.8) is 0 Å². The first-order valence-corrected chi connectivity index (χ1v) is 8.25. The van der Waals surface area contributed by atoms with E-state index in [9.17, 15) is 14.4 Å². The van der Waals surface area contributed by atoms with E-state index in [-0.39, 0.29) is 19.6 Å². The van der Waals surface area contributed by atoms with Crippen LogP contribution in [0.1, 0.15) is 21.5 Å². The molecule has 7 nitrogen and oxygen atoms in total. The third kappa shape index (κ3) is 6.14. The fraction of sp³-hybridized carbons (Fsp3) is 0.250. The number of nitrogens with one attached hydrogen (secondary N) is 1. The van der Waals surface area contributed by atoms with Crippen molar-refractivity contribution in [3.05, 3.63) is 65.2 Å². The van der Waals surface area contributed by atoms with Crippen LogP contribution in [0.3, 0.4) is 0 Å². The lowest BCUT2D eigenvalue weighted by molar-refractivity contribution is -0.147. The Labute approximate surface area is 157 Å². The summed E-state index contributed by atoms with van der Waals surface area (Å²) in [5.41, 5.74) is 1.92. The molecule has 1 amide bonds. The minimum Gasteiger partial charge on any atom is -0.496 e. The van der Waals surface area contributed by atoms with Crippen molar-refractivity contribution >= 4 is 17.8 Å². The monoisotopic (exact) mass is 371 g/mol. The number of benzene rings is 2. The summed E-state index contributed by atoms with van der Waals surface area (Å²) < 4.78 is 14.8. The molecule has 0 aliphatic heterocycles. The van der Waals surface area contributed by atoms with E-state index in [1.165, 1.54) is 14.2 Å². The highest BCUT2D eigenvalue weighted by molar-refractivity contribution is 5.89. The number of esters is 2. The molecule has 0 heterocycles. The van der Waals surface area contributed by atoms with Crippen LogP contribution in [0.2, 0.25) is 0 Å². The Balaban J connectivity index is 1.75. The normalized spacial score (nSPS) is 10.0. The van der Waals surface area contributed by atoms with Gasteiger partial charge >= 0.3 is 11.9 Å². The van der Waals surface area contributed by atoms with E-state index in [1.54, 1.807) is 48.5 Å². The van der Waals surface area contributed by atoms with Crippen molar-refractivity contribution in [2.75, 3.05) is 20.8 Å². The van der Waals surface area contributed by atoms with Crippen LogP contribution in [0.15, 0.2) is 48.5 Å². The van der Waals surface area contributed by atoms with Gasteiger partial charge in [0.2, 0.25) is 0 Å². The van der Waals surface area contributed by atoms with Gasteiger partial charge in [0.1, 0.15) is 5.75 Å². The second-order valence-corrected chi connectivity index (χ2v) is 5.61. The maximum Gasteiger partial charge on any atom is 0.337 e. The molecule has 2 aromatic rings. The summed E-state index contributed by atoms with van der Waals surface area (Å²) >= 11 is 0. The first-order chi connectivity index (χ1) is 13.0. The molecular formula is C20H21NO6. The summed E-state index contributed by atoms with van der Waals surface area (Å²) in [6.45, 7) is -0.113. The average Bonchev–Trinajstić information content (AvgIpc) is 2.71. The molecule has 0 radical (unpaired) electrons. The fourth-order valence-electron chi connectivity index (χ4n) is 2.33. The van der Waals surface area contributed by atoms with Crippen LogP contribution < -0.4 is 10.1 Å². The molecule has 0 saturated carbocycles. The highest BCUT2D eigenvalue weighted by atomic mass is 16.5. The molecule has 142 valence electrons. The van der Waals surface area contributed by atoms with Gasteiger partial charge in [0.25, 0.3) is 5.91 Å². The molecule has 0 aliphatic rings. The molecule has 0 bridgehead atoms. The van der Waals surface area contributed by atoms with Gasteiger partial charge in [-0.05, 0) is 23.8 Å². The van der Waals surface area contributed by atoms with Crippen molar-refractivity contribution in [1.82, 2.24) is 5.32 Å². The Morgan fingerprint density at radius 2 is 1.67 bits per heavy atom. The number of para-hydroxylation sites is 1. The number of ether oxygens (including phenoxy) is 3. The Morgan fingerprint density at radius 1 is 0.963 bits per heavy atom. The number of hydrogen-bond donors (Lipinski definition) is 1. The smallest absolute Gasteiger partial charge is 0.337 e. The van der Waals surface area contributed by atoms with Crippen molar-refractivity contribution in [2.45, 2.75) is 13.0 Å². The van der Waals surface area contributed by atoms with Crippen molar-refractivity contribution < 1.29 is 28.6 Å². The molecule has 0 saturated heterocycles. The molecule has 1 N–H and O–H groups in total. The van der Waals surface area contributed by atoms with Crippen LogP contribution in [0, 0.1) is 0 Å². The van der Waals surface area contributed by atoms with Crippen LogP contribution >= 0.6 is 0 Å². The van der Waals surface area contributed by atoms with Crippen LogP contribution in [0.5, 0.6) is 5.75 Å². The molecule has 0 aromatic heterocycles. The number of amides is 1. The summed E-state index contributed by atoms with van der Waals surface area (Å²) in [4.78, 5) is 35.1. The second kappa shape index (κ2) is 9.96. The van der Waals surface area contributed by atoms with Crippen LogP contribution in [0.25, 0.3) is 0 Å². The quantitative estimate of drug-likeness (QED) is 0.713. The highest BCUT2D eigenvalue weighted by Gasteiger charge is 2.11. The van der Waals surface area contributed by atoms with Crippen LogP contribution in [-0.4, -0.2) is 38.7 Å². The van der Waals surface area contributed by atoms with Crippen LogP contribution in [0.4, 0.5) is 0 Å². The fourth-order valence-corrected chi connectivity index (χ4v) is 2.33. The van der Waals surface area contributed by atoms with Crippen molar-refractivity contribution in [1.29, 1.82) is 0 Å². The van der Waals surface area contributed by atoms with Gasteiger partial charge in [0, 0.05) is 12.1 Å². The zero-order valence-corrected chi connectivity index (χ0v) is 15.2. The molecule has 0 atom stereocenters. The summed E-state index contributed by atoms with van der Waals surface area (Å²) in [5.74, 6) is -0.764. The van der Waals surface area contributed by atoms with Gasteiger partial charge in [0.05, 0.1) is 26.2 Å². The summed E-state index contributed by atoms with van der Waals surface area (Å²) in [5, 5.41) is 2.65. The SMILES string of the molecule is COC(=O)c1ccc(CNC(=O)COC(=O)Cc2ccccc2OC)cc1. The molecule has 2 rings (SSSR count). The van der Waals surface area contributed by atoms with Gasteiger partial charge < -0.3 is 19.5 Å². The Morgan fingerprint density at radius 3 is 2.33 bits per heavy atom. The van der Waals surface area contributed by atoms with Gasteiger partial charge in [-0.25, -0.2) is 4.79 Å². The lowest BCUT2D eigenvalue weighted by atomic mass is 10.1. The maximum atomic E-state index is 11.9. The minimum absolute atomic E-state index is 0.0201. The topological polar surface area (TPSA) is 90.9 Å². The standard InChI is InChI=1S/C20H21NO6/c1-25-17-6-4-3-5-16(17)11-19(23)27-13-18(22)21-12-14-7-9-15(10-8-14)20(24)26-2/h3-10H,11-13H2,1-2H3,(H,21,22). The van der Waals surface area contributed by atoms with E-state index in [1.807, 2.05) is 0 Å². The number of hydrogen-bond acceptors (Lipinski definition) is 6. The predicted octanol–water partition coefficient (Wildman–Crippen LogP) is 1.88. The number of methoxy groups -OCH3 is 2. The molecule has 0 spiro atoms. The van der Waals surface area contributed by atoms with Gasteiger partial charge in [0.15, 0.2) is 6.61 Å². The van der Waals surface area contributed by atoms with E-state index in [2.05, 4.69) is 10.1 Å². The van der Waals surface area contributed by atoms with E-state index in [0.717, 1.165) is 5.56 Å². The van der Waals surface area contributed by atoms with E-state index >= 15 is 0 Å². The molecule has 2 aromatic carbocycles. The third-order valence-electron chi connectivity index (χ3n) is 3.76. The molecule has 7 heteroatoms. The lowest BCUT2D eigenvalue weighted by Gasteiger charge is -2.09. The third-order valence-corrected chi connectivity index (χ3v) is 3.76. The van der Waals surface area contributed by atoms with Crippen LogP contribution in [-0.2, 0) is 32.0 Å². The van der Waals surface area contributed by atoms with E-state index < -0.39 is 17.8 Å². The zero-order chi connectivity index (χ0) is 19.6. The van der Waals surface area contributed by atoms with Gasteiger partial charge in [-0.2, -0.15) is 0 Å². The highest BCUT2D eigenvalue weighted by Crippen LogP contribution is 2.18. The molecule has 0 fully saturated rings. The van der Waals surface area contributed by atoms with Gasteiger partial charge in [-0.3, -0.25) is 9.59 Å². The summed E-state index contributed by atoms with van der Waals surface area (Å²) in [7, 11) is 2.83.